The smallest absolute Gasteiger partial charge is 0.230 e. The summed E-state index contributed by atoms with van der Waals surface area (Å²) < 4.78 is 6.98. The Labute approximate surface area is 134 Å². The number of hydrogen-bond acceptors (Lipinski definition) is 3. The van der Waals surface area contributed by atoms with Crippen LogP contribution >= 0.6 is 0 Å². The molecular weight excluding hydrogens is 290 g/mol. The van der Waals surface area contributed by atoms with Crippen LogP contribution in [0, 0.1) is 0 Å². The summed E-state index contributed by atoms with van der Waals surface area (Å²) in [6, 6.07) is 19.0. The average molecular weight is 307 g/mol. The maximum atomic E-state index is 12.2. The molecule has 0 aliphatic heterocycles. The van der Waals surface area contributed by atoms with Gasteiger partial charge in [0.05, 0.1) is 19.2 Å². The van der Waals surface area contributed by atoms with E-state index in [0.29, 0.717) is 11.6 Å². The highest BCUT2D eigenvalue weighted by molar-refractivity contribution is 5.91. The normalized spacial score (nSPS) is 10.3. The van der Waals surface area contributed by atoms with Crippen molar-refractivity contribution >= 4 is 11.7 Å². The van der Waals surface area contributed by atoms with E-state index in [-0.39, 0.29) is 12.3 Å². The minimum Gasteiger partial charge on any atom is -0.496 e. The fourth-order valence-electron chi connectivity index (χ4n) is 2.32. The van der Waals surface area contributed by atoms with E-state index < -0.39 is 0 Å². The minimum atomic E-state index is -0.132. The molecule has 0 unspecified atom stereocenters. The van der Waals surface area contributed by atoms with Crippen LogP contribution in [0.1, 0.15) is 5.56 Å². The monoisotopic (exact) mass is 307 g/mol. The zero-order chi connectivity index (χ0) is 16.1. The molecule has 0 aliphatic carbocycles. The molecule has 1 aromatic heterocycles. The first-order valence-corrected chi connectivity index (χ1v) is 7.29. The van der Waals surface area contributed by atoms with Gasteiger partial charge in [-0.2, -0.15) is 5.10 Å². The second kappa shape index (κ2) is 6.79. The van der Waals surface area contributed by atoms with Gasteiger partial charge in [0.2, 0.25) is 5.91 Å². The van der Waals surface area contributed by atoms with Crippen LogP contribution in [0.25, 0.3) is 5.69 Å². The van der Waals surface area contributed by atoms with Crippen molar-refractivity contribution in [2.24, 2.45) is 0 Å². The van der Waals surface area contributed by atoms with Gasteiger partial charge >= 0.3 is 0 Å². The number of nitrogens with zero attached hydrogens (tertiary/aromatic N) is 2. The first kappa shape index (κ1) is 14.8. The van der Waals surface area contributed by atoms with Gasteiger partial charge in [-0.25, -0.2) is 4.68 Å². The van der Waals surface area contributed by atoms with E-state index in [1.54, 1.807) is 17.9 Å². The molecule has 0 saturated heterocycles. The lowest BCUT2D eigenvalue weighted by molar-refractivity contribution is -0.115. The van der Waals surface area contributed by atoms with Gasteiger partial charge in [-0.1, -0.05) is 36.4 Å². The molecular formula is C18H17N3O2. The lowest BCUT2D eigenvalue weighted by Crippen LogP contribution is -2.15. The number of aromatic nitrogens is 2. The Morgan fingerprint density at radius 3 is 2.61 bits per heavy atom. The molecule has 2 aromatic carbocycles. The van der Waals surface area contributed by atoms with Gasteiger partial charge in [0.25, 0.3) is 0 Å². The van der Waals surface area contributed by atoms with E-state index in [0.717, 1.165) is 11.3 Å². The van der Waals surface area contributed by atoms with E-state index in [2.05, 4.69) is 10.4 Å². The third kappa shape index (κ3) is 3.58. The van der Waals surface area contributed by atoms with Crippen LogP contribution in [0.3, 0.4) is 0 Å². The van der Waals surface area contributed by atoms with E-state index >= 15 is 0 Å². The molecule has 0 saturated carbocycles. The molecule has 5 heteroatoms. The zero-order valence-electron chi connectivity index (χ0n) is 12.8. The summed E-state index contributed by atoms with van der Waals surface area (Å²) >= 11 is 0. The van der Waals surface area contributed by atoms with Gasteiger partial charge < -0.3 is 10.1 Å². The van der Waals surface area contributed by atoms with Crippen molar-refractivity contribution in [1.82, 2.24) is 9.78 Å². The maximum Gasteiger partial charge on any atom is 0.230 e. The van der Waals surface area contributed by atoms with Crippen LogP contribution < -0.4 is 10.1 Å². The average Bonchev–Trinajstić information content (AvgIpc) is 3.04. The highest BCUT2D eigenvalue weighted by Gasteiger charge is 2.10. The van der Waals surface area contributed by atoms with Gasteiger partial charge in [-0.3, -0.25) is 4.79 Å². The molecule has 5 nitrogen and oxygen atoms in total. The third-order valence-corrected chi connectivity index (χ3v) is 3.42. The molecule has 0 aliphatic rings. The van der Waals surface area contributed by atoms with E-state index in [1.165, 1.54) is 0 Å². The topological polar surface area (TPSA) is 56.1 Å². The predicted octanol–water partition coefficient (Wildman–Crippen LogP) is 3.06. The fourth-order valence-corrected chi connectivity index (χ4v) is 2.32. The van der Waals surface area contributed by atoms with Crippen LogP contribution in [-0.4, -0.2) is 22.8 Å². The highest BCUT2D eigenvalue weighted by atomic mass is 16.5. The number of rotatable bonds is 5. The Balaban J connectivity index is 1.68. The number of amides is 1. The second-order valence-electron chi connectivity index (χ2n) is 5.02. The van der Waals surface area contributed by atoms with Crippen LogP contribution in [-0.2, 0) is 11.2 Å². The summed E-state index contributed by atoms with van der Waals surface area (Å²) in [6.45, 7) is 0. The quantitative estimate of drug-likeness (QED) is 0.788. The largest absolute Gasteiger partial charge is 0.496 e. The molecule has 23 heavy (non-hydrogen) atoms. The summed E-state index contributed by atoms with van der Waals surface area (Å²) in [5.74, 6) is 1.10. The Kier molecular flexibility index (Phi) is 4.38. The van der Waals surface area contributed by atoms with Crippen LogP contribution in [0.2, 0.25) is 0 Å². The first-order chi connectivity index (χ1) is 11.3. The lowest BCUT2D eigenvalue weighted by atomic mass is 10.1. The molecule has 3 rings (SSSR count). The summed E-state index contributed by atoms with van der Waals surface area (Å²) in [5, 5.41) is 7.16. The predicted molar refractivity (Wildman–Crippen MR) is 88.9 cm³/mol. The molecule has 116 valence electrons. The third-order valence-electron chi connectivity index (χ3n) is 3.42. The number of anilines is 1. The Bertz CT molecular complexity index is 797. The van der Waals surface area contributed by atoms with Crippen LogP contribution in [0.4, 0.5) is 5.82 Å². The highest BCUT2D eigenvalue weighted by Crippen LogP contribution is 2.18. The molecule has 3 aromatic rings. The fraction of sp³-hybridized carbons (Fsp3) is 0.111. The maximum absolute atomic E-state index is 12.2. The van der Waals surface area contributed by atoms with Crippen molar-refractivity contribution in [2.75, 3.05) is 12.4 Å². The van der Waals surface area contributed by atoms with Crippen molar-refractivity contribution in [3.05, 3.63) is 72.4 Å². The van der Waals surface area contributed by atoms with Crippen LogP contribution in [0.5, 0.6) is 5.75 Å². The zero-order valence-corrected chi connectivity index (χ0v) is 12.8. The standard InChI is InChI=1S/C18H17N3O2/c1-23-16-10-6-5-7-14(16)13-18(22)19-17-11-12-21(20-17)15-8-3-2-4-9-15/h2-12H,13H2,1H3,(H,19,20,22). The molecule has 0 bridgehead atoms. The molecule has 0 spiro atoms. The van der Waals surface area contributed by atoms with Gasteiger partial charge in [-0.05, 0) is 18.2 Å². The number of benzene rings is 2. The number of nitrogens with one attached hydrogen (secondary N) is 1. The van der Waals surface area contributed by atoms with Crippen LogP contribution in [0.15, 0.2) is 66.9 Å². The van der Waals surface area contributed by atoms with Crippen molar-refractivity contribution in [3.63, 3.8) is 0 Å². The van der Waals surface area contributed by atoms with Gasteiger partial charge in [0.1, 0.15) is 5.75 Å². The molecule has 1 amide bonds. The summed E-state index contributed by atoms with van der Waals surface area (Å²) in [5.41, 5.74) is 1.78. The minimum absolute atomic E-state index is 0.132. The van der Waals surface area contributed by atoms with Crippen molar-refractivity contribution in [2.45, 2.75) is 6.42 Å². The SMILES string of the molecule is COc1ccccc1CC(=O)Nc1ccn(-c2ccccc2)n1. The molecule has 1 N–H and O–H groups in total. The van der Waals surface area contributed by atoms with Crippen molar-refractivity contribution < 1.29 is 9.53 Å². The lowest BCUT2D eigenvalue weighted by Gasteiger charge is -2.07. The number of para-hydroxylation sites is 2. The Morgan fingerprint density at radius 1 is 1.09 bits per heavy atom. The van der Waals surface area contributed by atoms with E-state index in [1.807, 2.05) is 60.8 Å². The Hall–Kier alpha value is -3.08. The number of carbonyl (C=O) groups excluding carboxylic acids is 1. The molecule has 0 fully saturated rings. The molecule has 0 radical (unpaired) electrons. The van der Waals surface area contributed by atoms with Crippen molar-refractivity contribution in [3.8, 4) is 11.4 Å². The van der Waals surface area contributed by atoms with E-state index in [4.69, 9.17) is 4.74 Å². The van der Waals surface area contributed by atoms with Gasteiger partial charge in [0.15, 0.2) is 5.82 Å². The number of methoxy groups -OCH3 is 1. The number of hydrogen-bond donors (Lipinski definition) is 1. The molecule has 0 atom stereocenters. The number of carbonyl (C=O) groups is 1. The number of ether oxygens (including phenoxy) is 1. The molecule has 1 heterocycles. The Morgan fingerprint density at radius 2 is 1.83 bits per heavy atom. The first-order valence-electron chi connectivity index (χ1n) is 7.29. The summed E-state index contributed by atoms with van der Waals surface area (Å²) in [6.07, 6.45) is 2.05. The van der Waals surface area contributed by atoms with E-state index in [9.17, 15) is 4.79 Å². The summed E-state index contributed by atoms with van der Waals surface area (Å²) in [7, 11) is 1.60. The van der Waals surface area contributed by atoms with Crippen molar-refractivity contribution in [1.29, 1.82) is 0 Å². The second-order valence-corrected chi connectivity index (χ2v) is 5.02. The van der Waals surface area contributed by atoms with Gasteiger partial charge in [-0.15, -0.1) is 0 Å². The van der Waals surface area contributed by atoms with Gasteiger partial charge in [0, 0.05) is 17.8 Å². The summed E-state index contributed by atoms with van der Waals surface area (Å²) in [4.78, 5) is 12.2.